The van der Waals surface area contributed by atoms with E-state index < -0.39 is 11.8 Å². The van der Waals surface area contributed by atoms with E-state index in [0.717, 1.165) is 0 Å². The van der Waals surface area contributed by atoms with Gasteiger partial charge < -0.3 is 22.1 Å². The molecule has 4 atom stereocenters. The number of Topliss-reactive ketones (excluding diaryl/α,β-unsaturated/α-hetero) is 2. The van der Waals surface area contributed by atoms with E-state index in [-0.39, 0.29) is 23.4 Å². The average Bonchev–Trinajstić information content (AvgIpc) is 2.73. The summed E-state index contributed by atoms with van der Waals surface area (Å²) in [6.45, 7) is 6.41. The van der Waals surface area contributed by atoms with Gasteiger partial charge in [-0.05, 0) is 37.1 Å². The second-order valence-electron chi connectivity index (χ2n) is 7.77. The van der Waals surface area contributed by atoms with E-state index in [1.54, 1.807) is 18.5 Å². The fourth-order valence-electron chi connectivity index (χ4n) is 3.46. The van der Waals surface area contributed by atoms with Gasteiger partial charge in [-0.25, -0.2) is 0 Å². The Kier molecular flexibility index (Phi) is 6.26. The predicted octanol–water partition coefficient (Wildman–Crippen LogP) is 1.91. The number of fused-ring (bicyclic) bond motifs is 2. The highest BCUT2D eigenvalue weighted by Crippen LogP contribution is 2.39. The van der Waals surface area contributed by atoms with Crippen LogP contribution in [0.25, 0.3) is 0 Å². The summed E-state index contributed by atoms with van der Waals surface area (Å²) in [5, 5.41) is 6.62. The monoisotopic (exact) mass is 383 g/mol. The third kappa shape index (κ3) is 3.86. The Balaban J connectivity index is 2.03. The van der Waals surface area contributed by atoms with Crippen LogP contribution in [0.15, 0.2) is 29.4 Å². The molecular formula is C21H29N5O2. The summed E-state index contributed by atoms with van der Waals surface area (Å²) in [5.41, 5.74) is 13.7. The van der Waals surface area contributed by atoms with Crippen molar-refractivity contribution >= 4 is 29.2 Å². The molecule has 2 aliphatic rings. The summed E-state index contributed by atoms with van der Waals surface area (Å²) in [7, 11) is 0. The lowest BCUT2D eigenvalue weighted by molar-refractivity contribution is 0.0817. The quantitative estimate of drug-likeness (QED) is 0.544. The molecule has 0 fully saturated rings. The lowest BCUT2D eigenvalue weighted by atomic mass is 9.72. The molecule has 1 heterocycles. The Hall–Kier alpha value is -2.51. The second kappa shape index (κ2) is 8.67. The van der Waals surface area contributed by atoms with Gasteiger partial charge in [0.25, 0.3) is 0 Å². The number of nitrogens with two attached hydrogens (primary N) is 2. The number of nitrogens with zero attached hydrogens (tertiary/aromatic N) is 1. The smallest absolute Gasteiger partial charge is 0.175 e. The molecule has 7 heteroatoms. The van der Waals surface area contributed by atoms with Crippen LogP contribution in [0.5, 0.6) is 0 Å². The summed E-state index contributed by atoms with van der Waals surface area (Å²) < 4.78 is 0. The van der Waals surface area contributed by atoms with Crippen molar-refractivity contribution in [1.29, 1.82) is 0 Å². The van der Waals surface area contributed by atoms with Crippen molar-refractivity contribution in [3.8, 4) is 0 Å². The van der Waals surface area contributed by atoms with Gasteiger partial charge >= 0.3 is 0 Å². The molecule has 1 aromatic carbocycles. The lowest BCUT2D eigenvalue weighted by Crippen LogP contribution is -2.39. The van der Waals surface area contributed by atoms with Crippen molar-refractivity contribution in [1.82, 2.24) is 0 Å². The number of benzene rings is 1. The highest BCUT2D eigenvalue weighted by atomic mass is 16.1. The van der Waals surface area contributed by atoms with Crippen molar-refractivity contribution < 1.29 is 9.59 Å². The summed E-state index contributed by atoms with van der Waals surface area (Å²) >= 11 is 0. The van der Waals surface area contributed by atoms with Crippen molar-refractivity contribution in [2.75, 3.05) is 36.8 Å². The van der Waals surface area contributed by atoms with Gasteiger partial charge in [0.05, 0.1) is 23.0 Å². The molecule has 3 rings (SSSR count). The minimum absolute atomic E-state index is 0.0552. The number of nitrogens with one attached hydrogen (secondary N) is 2. The Bertz CT molecular complexity index is 750. The number of allylic oxidation sites excluding steroid dienone is 1. The van der Waals surface area contributed by atoms with Gasteiger partial charge in [0.15, 0.2) is 11.6 Å². The molecule has 6 N–H and O–H groups in total. The molecule has 0 radical (unpaired) electrons. The molecule has 1 aliphatic heterocycles. The van der Waals surface area contributed by atoms with Crippen LogP contribution in [-0.4, -0.2) is 44.0 Å². The SMILES string of the molecule is CC(CN)CNc1ccc(NCC(C)CN)c2c1C(=O)C1C=CN=CC1C2=O. The largest absolute Gasteiger partial charge is 0.384 e. The van der Waals surface area contributed by atoms with Crippen LogP contribution < -0.4 is 22.1 Å². The van der Waals surface area contributed by atoms with E-state index in [9.17, 15) is 9.59 Å². The maximum Gasteiger partial charge on any atom is 0.175 e. The first kappa shape index (κ1) is 20.2. The molecule has 150 valence electrons. The number of anilines is 2. The minimum Gasteiger partial charge on any atom is -0.384 e. The Morgan fingerprint density at radius 2 is 1.43 bits per heavy atom. The van der Waals surface area contributed by atoms with Crippen molar-refractivity contribution in [2.24, 2.45) is 40.1 Å². The number of carbonyl (C=O) groups excluding carboxylic acids is 2. The van der Waals surface area contributed by atoms with Gasteiger partial charge in [-0.1, -0.05) is 19.9 Å². The molecule has 0 aromatic heterocycles. The molecule has 0 saturated heterocycles. The number of aliphatic imine (C=N–C) groups is 1. The highest BCUT2D eigenvalue weighted by molar-refractivity contribution is 6.25. The van der Waals surface area contributed by atoms with Crippen LogP contribution in [0.4, 0.5) is 11.4 Å². The first-order valence-corrected chi connectivity index (χ1v) is 9.81. The van der Waals surface area contributed by atoms with E-state index in [2.05, 4.69) is 15.6 Å². The molecule has 4 unspecified atom stereocenters. The molecule has 1 aliphatic carbocycles. The molecule has 0 amide bonds. The number of ketones is 2. The Morgan fingerprint density at radius 3 is 1.93 bits per heavy atom. The van der Waals surface area contributed by atoms with Gasteiger partial charge in [-0.2, -0.15) is 0 Å². The van der Waals surface area contributed by atoms with Gasteiger partial charge in [0, 0.05) is 36.9 Å². The fourth-order valence-corrected chi connectivity index (χ4v) is 3.46. The van der Waals surface area contributed by atoms with E-state index in [1.165, 1.54) is 0 Å². The topological polar surface area (TPSA) is 123 Å². The zero-order chi connectivity index (χ0) is 20.3. The summed E-state index contributed by atoms with van der Waals surface area (Å²) in [6.07, 6.45) is 4.89. The molecule has 0 saturated carbocycles. The van der Waals surface area contributed by atoms with Crippen LogP contribution >= 0.6 is 0 Å². The third-order valence-electron chi connectivity index (χ3n) is 5.40. The first-order valence-electron chi connectivity index (χ1n) is 9.81. The summed E-state index contributed by atoms with van der Waals surface area (Å²) in [4.78, 5) is 30.7. The van der Waals surface area contributed by atoms with Gasteiger partial charge in [0.2, 0.25) is 0 Å². The predicted molar refractivity (Wildman–Crippen MR) is 113 cm³/mol. The van der Waals surface area contributed by atoms with Gasteiger partial charge in [0.1, 0.15) is 0 Å². The van der Waals surface area contributed by atoms with Crippen LogP contribution in [0, 0.1) is 23.7 Å². The van der Waals surface area contributed by atoms with Crippen molar-refractivity contribution in [3.05, 3.63) is 35.5 Å². The first-order chi connectivity index (χ1) is 13.5. The van der Waals surface area contributed by atoms with Crippen molar-refractivity contribution in [3.63, 3.8) is 0 Å². The molecule has 0 bridgehead atoms. The molecule has 7 nitrogen and oxygen atoms in total. The minimum atomic E-state index is -0.546. The van der Waals surface area contributed by atoms with E-state index >= 15 is 0 Å². The third-order valence-corrected chi connectivity index (χ3v) is 5.40. The van der Waals surface area contributed by atoms with Gasteiger partial charge in [-0.15, -0.1) is 0 Å². The lowest BCUT2D eigenvalue weighted by Gasteiger charge is -2.31. The standard InChI is InChI=1S/C21H29N5O2/c1-12(7-22)9-25-16-3-4-17(26-10-13(2)8-23)19-18(16)20(27)14-5-6-24-11-15(14)21(19)28/h3-6,11-15,25-26H,7-10,22-23H2,1-2H3. The second-order valence-corrected chi connectivity index (χ2v) is 7.77. The van der Waals surface area contributed by atoms with Crippen molar-refractivity contribution in [2.45, 2.75) is 13.8 Å². The Morgan fingerprint density at radius 1 is 0.929 bits per heavy atom. The van der Waals surface area contributed by atoms with E-state index in [0.29, 0.717) is 48.7 Å². The van der Waals surface area contributed by atoms with Crippen LogP contribution in [0.1, 0.15) is 34.6 Å². The summed E-state index contributed by atoms with van der Waals surface area (Å²) in [6, 6.07) is 3.72. The molecule has 1 aromatic rings. The highest BCUT2D eigenvalue weighted by Gasteiger charge is 2.42. The maximum absolute atomic E-state index is 13.3. The number of carbonyl (C=O) groups is 2. The normalized spacial score (nSPS) is 22.4. The van der Waals surface area contributed by atoms with Crippen LogP contribution in [-0.2, 0) is 0 Å². The fraction of sp³-hybridized carbons (Fsp3) is 0.476. The zero-order valence-corrected chi connectivity index (χ0v) is 16.4. The zero-order valence-electron chi connectivity index (χ0n) is 16.4. The maximum atomic E-state index is 13.3. The van der Waals surface area contributed by atoms with Crippen LogP contribution in [0.3, 0.4) is 0 Å². The molecule has 28 heavy (non-hydrogen) atoms. The summed E-state index contributed by atoms with van der Waals surface area (Å²) in [5.74, 6) is -0.673. The molecule has 0 spiro atoms. The average molecular weight is 383 g/mol. The van der Waals surface area contributed by atoms with E-state index in [4.69, 9.17) is 11.5 Å². The number of hydrogen-bond acceptors (Lipinski definition) is 7. The molecular weight excluding hydrogens is 354 g/mol. The number of rotatable bonds is 8. The van der Waals surface area contributed by atoms with Gasteiger partial charge in [-0.3, -0.25) is 14.6 Å². The van der Waals surface area contributed by atoms with Crippen LogP contribution in [0.2, 0.25) is 0 Å². The Labute approximate surface area is 165 Å². The van der Waals surface area contributed by atoms with E-state index in [1.807, 2.05) is 26.0 Å². The number of hydrogen-bond donors (Lipinski definition) is 4.